The molecule has 0 unspecified atom stereocenters. The van der Waals surface area contributed by atoms with Gasteiger partial charge >= 0.3 is 0 Å². The van der Waals surface area contributed by atoms with E-state index in [0.29, 0.717) is 23.3 Å². The van der Waals surface area contributed by atoms with Gasteiger partial charge in [0.05, 0.1) is 22.0 Å². The summed E-state index contributed by atoms with van der Waals surface area (Å²) in [6.07, 6.45) is 9.13. The third-order valence-corrected chi connectivity index (χ3v) is 7.90. The zero-order chi connectivity index (χ0) is 26.9. The van der Waals surface area contributed by atoms with Gasteiger partial charge in [-0.05, 0) is 42.7 Å². The molecule has 0 spiro atoms. The van der Waals surface area contributed by atoms with Crippen LogP contribution < -0.4 is 5.56 Å². The van der Waals surface area contributed by atoms with Crippen LogP contribution in [-0.4, -0.2) is 25.4 Å². The molecule has 8 nitrogen and oxygen atoms in total. The minimum absolute atomic E-state index is 0.0656. The van der Waals surface area contributed by atoms with Crippen LogP contribution in [0.1, 0.15) is 55.0 Å². The maximum Gasteiger partial charge on any atom is 0.282 e. The standard InChI is InChI=1S/C30H26BrN5O3/c31-23-13-14-27-26(16-23)30(37)35(29(33-27)21-8-2-1-3-9-21)32-17-22-19-34(28-12-5-4-11-25(22)28)18-20-7-6-10-24(15-20)36(38)39/h4-7,10-17,19,21H,1-3,8-9,18H2. The monoisotopic (exact) mass is 583 g/mol. The maximum atomic E-state index is 13.7. The summed E-state index contributed by atoms with van der Waals surface area (Å²) >= 11 is 3.48. The van der Waals surface area contributed by atoms with Gasteiger partial charge in [-0.1, -0.05) is 65.5 Å². The maximum absolute atomic E-state index is 13.7. The van der Waals surface area contributed by atoms with Gasteiger partial charge in [0.15, 0.2) is 0 Å². The van der Waals surface area contributed by atoms with E-state index in [0.717, 1.165) is 52.2 Å². The van der Waals surface area contributed by atoms with E-state index >= 15 is 0 Å². The zero-order valence-corrected chi connectivity index (χ0v) is 22.8. The lowest BCUT2D eigenvalue weighted by Crippen LogP contribution is -2.25. The number of para-hydroxylation sites is 1. The predicted molar refractivity (Wildman–Crippen MR) is 157 cm³/mol. The van der Waals surface area contributed by atoms with Crippen LogP contribution in [0.25, 0.3) is 21.8 Å². The van der Waals surface area contributed by atoms with Gasteiger partial charge in [-0.2, -0.15) is 9.78 Å². The number of aromatic nitrogens is 3. The Morgan fingerprint density at radius 1 is 1.03 bits per heavy atom. The van der Waals surface area contributed by atoms with Crippen LogP contribution in [0.15, 0.2) is 87.3 Å². The van der Waals surface area contributed by atoms with Gasteiger partial charge < -0.3 is 4.57 Å². The molecule has 0 saturated heterocycles. The Bertz CT molecular complexity index is 1800. The number of fused-ring (bicyclic) bond motifs is 2. The Morgan fingerprint density at radius 3 is 2.67 bits per heavy atom. The molecular weight excluding hydrogens is 558 g/mol. The van der Waals surface area contributed by atoms with E-state index in [9.17, 15) is 14.9 Å². The topological polar surface area (TPSA) is 95.3 Å². The van der Waals surface area contributed by atoms with Crippen LogP contribution >= 0.6 is 15.9 Å². The lowest BCUT2D eigenvalue weighted by atomic mass is 9.88. The van der Waals surface area contributed by atoms with E-state index in [4.69, 9.17) is 10.1 Å². The van der Waals surface area contributed by atoms with Crippen molar-refractivity contribution >= 4 is 49.6 Å². The molecule has 0 bridgehead atoms. The molecule has 1 saturated carbocycles. The average Bonchev–Trinajstić information content (AvgIpc) is 3.30. The van der Waals surface area contributed by atoms with E-state index < -0.39 is 0 Å². The number of rotatable bonds is 6. The molecule has 6 rings (SSSR count). The molecule has 3 aromatic carbocycles. The Morgan fingerprint density at radius 2 is 1.85 bits per heavy atom. The minimum atomic E-state index is -0.382. The van der Waals surface area contributed by atoms with Crippen molar-refractivity contribution in [2.45, 2.75) is 44.6 Å². The van der Waals surface area contributed by atoms with Gasteiger partial charge in [0, 0.05) is 51.7 Å². The molecule has 2 aromatic heterocycles. The fourth-order valence-corrected chi connectivity index (χ4v) is 5.86. The van der Waals surface area contributed by atoms with Crippen molar-refractivity contribution in [3.63, 3.8) is 0 Å². The highest BCUT2D eigenvalue weighted by Crippen LogP contribution is 2.32. The molecule has 0 radical (unpaired) electrons. The summed E-state index contributed by atoms with van der Waals surface area (Å²) in [6.45, 7) is 0.467. The molecule has 39 heavy (non-hydrogen) atoms. The smallest absolute Gasteiger partial charge is 0.282 e. The van der Waals surface area contributed by atoms with Crippen molar-refractivity contribution in [3.8, 4) is 0 Å². The quantitative estimate of drug-likeness (QED) is 0.122. The summed E-state index contributed by atoms with van der Waals surface area (Å²) in [5.74, 6) is 0.901. The molecule has 1 fully saturated rings. The first-order chi connectivity index (χ1) is 19.0. The molecule has 1 aliphatic rings. The Kier molecular flexibility index (Phi) is 6.83. The molecule has 0 N–H and O–H groups in total. The van der Waals surface area contributed by atoms with Crippen molar-refractivity contribution in [1.82, 2.24) is 14.2 Å². The lowest BCUT2D eigenvalue weighted by Gasteiger charge is -2.22. The van der Waals surface area contributed by atoms with Crippen molar-refractivity contribution in [2.24, 2.45) is 5.10 Å². The Hall–Kier alpha value is -4.11. The molecule has 5 aromatic rings. The Balaban J connectivity index is 1.44. The highest BCUT2D eigenvalue weighted by atomic mass is 79.9. The van der Waals surface area contributed by atoms with Crippen LogP contribution in [0.2, 0.25) is 0 Å². The summed E-state index contributed by atoms with van der Waals surface area (Å²) < 4.78 is 4.35. The van der Waals surface area contributed by atoms with Crippen molar-refractivity contribution in [1.29, 1.82) is 0 Å². The van der Waals surface area contributed by atoms with E-state index in [2.05, 4.69) is 20.5 Å². The summed E-state index contributed by atoms with van der Waals surface area (Å²) in [5.41, 5.74) is 3.23. The fraction of sp³-hybridized carbons (Fsp3) is 0.233. The van der Waals surface area contributed by atoms with Gasteiger partial charge in [0.25, 0.3) is 11.2 Å². The number of nitro groups is 1. The molecule has 0 aliphatic heterocycles. The normalized spacial score (nSPS) is 14.5. The molecule has 0 amide bonds. The highest BCUT2D eigenvalue weighted by molar-refractivity contribution is 9.10. The van der Waals surface area contributed by atoms with E-state index in [1.165, 1.54) is 17.2 Å². The predicted octanol–water partition coefficient (Wildman–Crippen LogP) is 7.00. The number of non-ortho nitro benzene ring substituents is 1. The van der Waals surface area contributed by atoms with E-state index in [1.54, 1.807) is 24.4 Å². The van der Waals surface area contributed by atoms with Crippen LogP contribution in [-0.2, 0) is 6.54 Å². The van der Waals surface area contributed by atoms with Crippen molar-refractivity contribution in [2.75, 3.05) is 0 Å². The third-order valence-electron chi connectivity index (χ3n) is 7.41. The Labute approximate surface area is 232 Å². The molecule has 2 heterocycles. The fourth-order valence-electron chi connectivity index (χ4n) is 5.50. The second kappa shape index (κ2) is 10.6. The van der Waals surface area contributed by atoms with Crippen molar-refractivity contribution in [3.05, 3.63) is 115 Å². The second-order valence-electron chi connectivity index (χ2n) is 9.98. The summed E-state index contributed by atoms with van der Waals surface area (Å²) in [5, 5.41) is 17.5. The number of nitro benzene ring substituents is 1. The number of hydrogen-bond donors (Lipinski definition) is 0. The minimum Gasteiger partial charge on any atom is -0.342 e. The largest absolute Gasteiger partial charge is 0.342 e. The number of nitrogens with zero attached hydrogens (tertiary/aromatic N) is 5. The molecule has 0 atom stereocenters. The van der Waals surface area contributed by atoms with Crippen LogP contribution in [0.3, 0.4) is 0 Å². The molecule has 1 aliphatic carbocycles. The van der Waals surface area contributed by atoms with Gasteiger partial charge in [-0.3, -0.25) is 14.9 Å². The van der Waals surface area contributed by atoms with E-state index in [1.807, 2.05) is 48.7 Å². The molecular formula is C30H26BrN5O3. The number of hydrogen-bond acceptors (Lipinski definition) is 5. The third kappa shape index (κ3) is 5.02. The summed E-state index contributed by atoms with van der Waals surface area (Å²) in [7, 11) is 0. The zero-order valence-electron chi connectivity index (χ0n) is 21.2. The van der Waals surface area contributed by atoms with Gasteiger partial charge in [0.1, 0.15) is 5.82 Å². The highest BCUT2D eigenvalue weighted by Gasteiger charge is 2.22. The molecule has 196 valence electrons. The van der Waals surface area contributed by atoms with Crippen LogP contribution in [0.4, 0.5) is 5.69 Å². The second-order valence-corrected chi connectivity index (χ2v) is 10.9. The van der Waals surface area contributed by atoms with E-state index in [-0.39, 0.29) is 22.1 Å². The first kappa shape index (κ1) is 25.2. The van der Waals surface area contributed by atoms with Gasteiger partial charge in [-0.25, -0.2) is 4.98 Å². The SMILES string of the molecule is O=c1c2cc(Br)ccc2nc(C2CCCCC2)n1N=Cc1cn(Cc2cccc([N+](=O)[O-])c2)c2ccccc12. The number of benzene rings is 3. The van der Waals surface area contributed by atoms with Crippen molar-refractivity contribution < 1.29 is 4.92 Å². The first-order valence-corrected chi connectivity index (χ1v) is 13.8. The lowest BCUT2D eigenvalue weighted by molar-refractivity contribution is -0.384. The van der Waals surface area contributed by atoms with Gasteiger partial charge in [0.2, 0.25) is 0 Å². The summed E-state index contributed by atoms with van der Waals surface area (Å²) in [4.78, 5) is 29.5. The average molecular weight is 584 g/mol. The summed E-state index contributed by atoms with van der Waals surface area (Å²) in [6, 6.07) is 20.2. The number of halogens is 1. The van der Waals surface area contributed by atoms with Gasteiger partial charge in [-0.15, -0.1) is 0 Å². The van der Waals surface area contributed by atoms with Crippen LogP contribution in [0, 0.1) is 10.1 Å². The van der Waals surface area contributed by atoms with Crippen LogP contribution in [0.5, 0.6) is 0 Å². The molecule has 9 heteroatoms. The first-order valence-electron chi connectivity index (χ1n) is 13.1.